The Morgan fingerprint density at radius 2 is 1.77 bits per heavy atom. The van der Waals surface area contributed by atoms with Gasteiger partial charge in [-0.05, 0) is 85.7 Å². The third-order valence-corrected chi connectivity index (χ3v) is 12.1. The summed E-state index contributed by atoms with van der Waals surface area (Å²) in [6.45, 7) is 2.76. The highest BCUT2D eigenvalue weighted by Gasteiger charge is 2.36. The minimum Gasteiger partial charge on any atom is -0.497 e. The number of nitrogens with zero attached hydrogens (tertiary/aromatic N) is 4. The summed E-state index contributed by atoms with van der Waals surface area (Å²) in [7, 11) is -2.39. The van der Waals surface area contributed by atoms with Crippen molar-refractivity contribution in [2.24, 2.45) is 0 Å². The van der Waals surface area contributed by atoms with E-state index in [1.165, 1.54) is 27.2 Å². The number of benzene rings is 2. The minimum absolute atomic E-state index is 0.0257. The fraction of sp³-hybridized carbons (Fsp3) is 0.447. The second-order valence-electron chi connectivity index (χ2n) is 14.1. The van der Waals surface area contributed by atoms with Gasteiger partial charge in [0.1, 0.15) is 12.3 Å². The number of sulfonamides is 1. The highest BCUT2D eigenvalue weighted by molar-refractivity contribution is 7.90. The number of aromatic nitrogens is 3. The Bertz CT molecular complexity index is 2210. The van der Waals surface area contributed by atoms with Crippen LogP contribution >= 0.6 is 0 Å². The van der Waals surface area contributed by atoms with Crippen molar-refractivity contribution in [3.63, 3.8) is 0 Å². The lowest BCUT2D eigenvalue weighted by Gasteiger charge is -2.27. The predicted octanol–water partition coefficient (Wildman–Crippen LogP) is 6.62. The van der Waals surface area contributed by atoms with Crippen LogP contribution in [0.15, 0.2) is 42.6 Å². The van der Waals surface area contributed by atoms with Crippen LogP contribution in [-0.2, 0) is 27.8 Å². The quantitative estimate of drug-likeness (QED) is 0.215. The highest BCUT2D eigenvalue weighted by atomic mass is 32.2. The minimum atomic E-state index is -4.63. The van der Waals surface area contributed by atoms with Crippen LogP contribution in [0.5, 0.6) is 5.75 Å². The van der Waals surface area contributed by atoms with Gasteiger partial charge in [-0.3, -0.25) is 14.3 Å². The molecule has 11 nitrogen and oxygen atoms in total. The Balaban J connectivity index is 1.48. The Hall–Kier alpha value is -4.63. The van der Waals surface area contributed by atoms with Crippen molar-refractivity contribution in [2.45, 2.75) is 76.4 Å². The maximum atomic E-state index is 14.1. The summed E-state index contributed by atoms with van der Waals surface area (Å²) < 4.78 is 83.8. The standard InChI is InChI=1S/C38H42F3N5O6S/c1-23(2)53(49,50)43-36(47)25-9-11-30-32(19-25)45-21-27(34-31(20-42-46(34)22-38(39,40)41)37(48)44-13-15-52-16-14-44)17-26-18-28(51-3)10-12-29(26)35(45)33(30)24-7-5-4-6-8-24/h9-12,17-20,23-24H,4-8,13-16,21-22H2,1-3H3,(H,43,47). The number of rotatable bonds is 8. The summed E-state index contributed by atoms with van der Waals surface area (Å²) in [5.41, 5.74) is 4.64. The van der Waals surface area contributed by atoms with E-state index in [-0.39, 0.29) is 42.4 Å². The van der Waals surface area contributed by atoms with E-state index >= 15 is 0 Å². The first-order chi connectivity index (χ1) is 25.3. The van der Waals surface area contributed by atoms with Crippen molar-refractivity contribution < 1.29 is 40.7 Å². The van der Waals surface area contributed by atoms with Crippen LogP contribution in [0.2, 0.25) is 0 Å². The summed E-state index contributed by atoms with van der Waals surface area (Å²) >= 11 is 0. The molecule has 2 fully saturated rings. The fourth-order valence-corrected chi connectivity index (χ4v) is 8.35. The first-order valence-corrected chi connectivity index (χ1v) is 19.4. The van der Waals surface area contributed by atoms with E-state index in [0.717, 1.165) is 59.0 Å². The first-order valence-electron chi connectivity index (χ1n) is 17.9. The van der Waals surface area contributed by atoms with Gasteiger partial charge in [-0.1, -0.05) is 25.3 Å². The molecule has 7 rings (SSSR count). The van der Waals surface area contributed by atoms with E-state index in [0.29, 0.717) is 35.6 Å². The van der Waals surface area contributed by atoms with Gasteiger partial charge in [-0.25, -0.2) is 13.1 Å². The van der Waals surface area contributed by atoms with E-state index in [4.69, 9.17) is 9.47 Å². The SMILES string of the molecule is COc1ccc2c(c1)C=C(c1c(C(=O)N3CCOCC3)cnn1CC(F)(F)F)Cn1c-2c(C2CCCCC2)c2ccc(C(=O)NS(=O)(=O)C(C)C)cc21. The van der Waals surface area contributed by atoms with Gasteiger partial charge in [-0.2, -0.15) is 18.3 Å². The summed E-state index contributed by atoms with van der Waals surface area (Å²) in [6, 6.07) is 10.7. The second-order valence-corrected chi connectivity index (χ2v) is 16.4. The number of alkyl halides is 3. The number of amides is 2. The van der Waals surface area contributed by atoms with Gasteiger partial charge in [-0.15, -0.1) is 0 Å². The Morgan fingerprint density at radius 1 is 1.04 bits per heavy atom. The average Bonchev–Trinajstić information content (AvgIpc) is 3.63. The Labute approximate surface area is 305 Å². The van der Waals surface area contributed by atoms with Gasteiger partial charge in [0.25, 0.3) is 11.8 Å². The molecule has 1 saturated carbocycles. The molecule has 1 N–H and O–H groups in total. The van der Waals surface area contributed by atoms with Crippen molar-refractivity contribution in [2.75, 3.05) is 33.4 Å². The Kier molecular flexibility index (Phi) is 9.91. The van der Waals surface area contributed by atoms with Crippen LogP contribution in [0.25, 0.3) is 33.8 Å². The number of carbonyl (C=O) groups is 2. The smallest absolute Gasteiger partial charge is 0.408 e. The fourth-order valence-electron chi connectivity index (χ4n) is 7.74. The van der Waals surface area contributed by atoms with E-state index in [2.05, 4.69) is 9.82 Å². The van der Waals surface area contributed by atoms with Crippen LogP contribution in [0, 0.1) is 0 Å². The van der Waals surface area contributed by atoms with E-state index in [1.54, 1.807) is 23.1 Å². The zero-order valence-corrected chi connectivity index (χ0v) is 30.6. The average molecular weight is 754 g/mol. The molecule has 2 aromatic heterocycles. The lowest BCUT2D eigenvalue weighted by atomic mass is 9.81. The van der Waals surface area contributed by atoms with Crippen molar-refractivity contribution in [3.05, 3.63) is 70.5 Å². The lowest BCUT2D eigenvalue weighted by molar-refractivity contribution is -0.142. The molecule has 2 amide bonds. The first kappa shape index (κ1) is 36.7. The topological polar surface area (TPSA) is 125 Å². The predicted molar refractivity (Wildman–Crippen MR) is 194 cm³/mol. The molecule has 2 aromatic carbocycles. The number of ether oxygens (including phenoxy) is 2. The molecule has 0 radical (unpaired) electrons. The van der Waals surface area contributed by atoms with Crippen LogP contribution in [0.1, 0.15) is 89.4 Å². The molecule has 3 aliphatic rings. The van der Waals surface area contributed by atoms with Gasteiger partial charge in [0.2, 0.25) is 10.0 Å². The number of methoxy groups -OCH3 is 1. The number of hydrogen-bond donors (Lipinski definition) is 1. The van der Waals surface area contributed by atoms with Gasteiger partial charge in [0.15, 0.2) is 0 Å². The number of hydrogen-bond acceptors (Lipinski definition) is 7. The summed E-state index contributed by atoms with van der Waals surface area (Å²) in [5.74, 6) is -0.527. The largest absolute Gasteiger partial charge is 0.497 e. The van der Waals surface area contributed by atoms with Crippen molar-refractivity contribution >= 4 is 44.4 Å². The normalized spacial score (nSPS) is 17.0. The van der Waals surface area contributed by atoms with Crippen LogP contribution in [0.3, 0.4) is 0 Å². The second kappa shape index (κ2) is 14.3. The number of carbonyl (C=O) groups excluding carboxylic acids is 2. The summed E-state index contributed by atoms with van der Waals surface area (Å²) in [4.78, 5) is 29.0. The van der Waals surface area contributed by atoms with E-state index in [9.17, 15) is 31.2 Å². The van der Waals surface area contributed by atoms with Crippen molar-refractivity contribution in [1.82, 2.24) is 24.0 Å². The Morgan fingerprint density at radius 3 is 2.45 bits per heavy atom. The molecule has 282 valence electrons. The van der Waals surface area contributed by atoms with Crippen LogP contribution in [0.4, 0.5) is 13.2 Å². The molecule has 53 heavy (non-hydrogen) atoms. The van der Waals surface area contributed by atoms with Gasteiger partial charge < -0.3 is 18.9 Å². The van der Waals surface area contributed by atoms with Crippen molar-refractivity contribution in [3.8, 4) is 17.0 Å². The van der Waals surface area contributed by atoms with Crippen molar-refractivity contribution in [1.29, 1.82) is 0 Å². The highest BCUT2D eigenvalue weighted by Crippen LogP contribution is 2.48. The summed E-state index contributed by atoms with van der Waals surface area (Å²) in [6.07, 6.45) is 3.42. The number of allylic oxidation sites excluding steroid dienone is 1. The molecule has 0 atom stereocenters. The molecule has 0 bridgehead atoms. The molecule has 15 heteroatoms. The van der Waals surface area contributed by atoms with E-state index < -0.39 is 39.8 Å². The molecule has 4 heterocycles. The van der Waals surface area contributed by atoms with Gasteiger partial charge in [0.05, 0.1) is 55.3 Å². The molecular weight excluding hydrogens is 712 g/mol. The van der Waals surface area contributed by atoms with Crippen LogP contribution < -0.4 is 9.46 Å². The molecule has 1 saturated heterocycles. The zero-order chi connectivity index (χ0) is 37.7. The summed E-state index contributed by atoms with van der Waals surface area (Å²) in [5, 5.41) is 4.16. The molecular formula is C38H42F3N5O6S. The monoisotopic (exact) mass is 753 g/mol. The molecule has 4 aromatic rings. The van der Waals surface area contributed by atoms with Gasteiger partial charge >= 0.3 is 6.18 Å². The van der Waals surface area contributed by atoms with Gasteiger partial charge in [0, 0.05) is 35.1 Å². The number of halogens is 3. The molecule has 0 spiro atoms. The molecule has 0 unspecified atom stereocenters. The third kappa shape index (κ3) is 7.20. The maximum absolute atomic E-state index is 14.1. The zero-order valence-electron chi connectivity index (χ0n) is 29.8. The van der Waals surface area contributed by atoms with Crippen LogP contribution in [-0.4, -0.2) is 84.3 Å². The third-order valence-electron chi connectivity index (χ3n) is 10.4. The number of nitrogens with one attached hydrogen (secondary N) is 1. The molecule has 2 aliphatic heterocycles. The number of fused-ring (bicyclic) bond motifs is 5. The lowest BCUT2D eigenvalue weighted by Crippen LogP contribution is -2.41. The number of morpholine rings is 1. The maximum Gasteiger partial charge on any atom is 0.408 e. The molecule has 1 aliphatic carbocycles. The van der Waals surface area contributed by atoms with E-state index in [1.807, 2.05) is 28.8 Å².